The molecule has 1 saturated carbocycles. The molecule has 1 unspecified atom stereocenters. The molecule has 1 aliphatic rings. The van der Waals surface area contributed by atoms with E-state index < -0.39 is 17.5 Å². The number of carbonyl (C=O) groups is 2. The predicted molar refractivity (Wildman–Crippen MR) is 121 cm³/mol. The zero-order valence-corrected chi connectivity index (χ0v) is 18.8. The van der Waals surface area contributed by atoms with Crippen LogP contribution in [-0.4, -0.2) is 35.7 Å². The third-order valence-corrected chi connectivity index (χ3v) is 6.32. The standard InChI is InChI=1S/C26H32O6/c1-18-8-7-9-19(14-18)22(28)17-32-24-15-20(10-11-23(24)31-2)21(27)16-26(25(29)30)12-5-3-4-6-13-26/h7-11,14-15,22,28H,3-6,12-13,16-17H2,1-2H3,(H,29,30). The number of hydrogen-bond acceptors (Lipinski definition) is 5. The molecule has 2 aromatic carbocycles. The Morgan fingerprint density at radius 3 is 2.38 bits per heavy atom. The second-order valence-electron chi connectivity index (χ2n) is 8.71. The van der Waals surface area contributed by atoms with Gasteiger partial charge in [-0.05, 0) is 43.5 Å². The van der Waals surface area contributed by atoms with Gasteiger partial charge in [-0.3, -0.25) is 9.59 Å². The van der Waals surface area contributed by atoms with E-state index in [1.54, 1.807) is 18.2 Å². The minimum Gasteiger partial charge on any atom is -0.493 e. The van der Waals surface area contributed by atoms with Gasteiger partial charge in [0.2, 0.25) is 0 Å². The van der Waals surface area contributed by atoms with E-state index in [2.05, 4.69) is 0 Å². The van der Waals surface area contributed by atoms with Gasteiger partial charge in [-0.2, -0.15) is 0 Å². The molecule has 2 aromatic rings. The van der Waals surface area contributed by atoms with E-state index in [1.165, 1.54) is 7.11 Å². The van der Waals surface area contributed by atoms with Crippen LogP contribution in [-0.2, 0) is 4.79 Å². The molecule has 0 heterocycles. The summed E-state index contributed by atoms with van der Waals surface area (Å²) in [6.45, 7) is 1.95. The van der Waals surface area contributed by atoms with E-state index in [4.69, 9.17) is 9.47 Å². The summed E-state index contributed by atoms with van der Waals surface area (Å²) >= 11 is 0. The van der Waals surface area contributed by atoms with Gasteiger partial charge in [0, 0.05) is 12.0 Å². The fourth-order valence-electron chi connectivity index (χ4n) is 4.39. The molecule has 6 heteroatoms. The molecule has 3 rings (SSSR count). The lowest BCUT2D eigenvalue weighted by atomic mass is 9.75. The number of aliphatic hydroxyl groups excluding tert-OH is 1. The summed E-state index contributed by atoms with van der Waals surface area (Å²) in [4.78, 5) is 25.1. The van der Waals surface area contributed by atoms with E-state index in [0.717, 1.165) is 36.8 Å². The number of Topliss-reactive ketones (excluding diaryl/α,β-unsaturated/α-hetero) is 1. The van der Waals surface area contributed by atoms with E-state index >= 15 is 0 Å². The van der Waals surface area contributed by atoms with Crippen molar-refractivity contribution in [3.05, 3.63) is 59.2 Å². The number of ether oxygens (including phenoxy) is 2. The van der Waals surface area contributed by atoms with Crippen molar-refractivity contribution in [3.63, 3.8) is 0 Å². The van der Waals surface area contributed by atoms with Crippen LogP contribution < -0.4 is 9.47 Å². The van der Waals surface area contributed by atoms with Gasteiger partial charge in [-0.1, -0.05) is 55.5 Å². The lowest BCUT2D eigenvalue weighted by Gasteiger charge is -2.27. The molecule has 0 bridgehead atoms. The van der Waals surface area contributed by atoms with E-state index in [1.807, 2.05) is 31.2 Å². The molecule has 1 aliphatic carbocycles. The summed E-state index contributed by atoms with van der Waals surface area (Å²) in [7, 11) is 1.51. The van der Waals surface area contributed by atoms with Crippen LogP contribution in [0.4, 0.5) is 0 Å². The van der Waals surface area contributed by atoms with Gasteiger partial charge in [0.1, 0.15) is 12.7 Å². The van der Waals surface area contributed by atoms with Gasteiger partial charge in [-0.15, -0.1) is 0 Å². The maximum atomic E-state index is 13.1. The molecule has 1 atom stereocenters. The first-order chi connectivity index (χ1) is 15.3. The molecule has 1 fully saturated rings. The molecule has 0 aromatic heterocycles. The highest BCUT2D eigenvalue weighted by atomic mass is 16.5. The molecule has 0 aliphatic heterocycles. The second-order valence-corrected chi connectivity index (χ2v) is 8.71. The molecule has 2 N–H and O–H groups in total. The monoisotopic (exact) mass is 440 g/mol. The van der Waals surface area contributed by atoms with Crippen molar-refractivity contribution < 1.29 is 29.3 Å². The molecular formula is C26H32O6. The maximum absolute atomic E-state index is 13.1. The lowest BCUT2D eigenvalue weighted by Crippen LogP contribution is -2.33. The van der Waals surface area contributed by atoms with Crippen molar-refractivity contribution in [2.45, 2.75) is 58.0 Å². The Kier molecular flexibility index (Phi) is 7.91. The molecule has 32 heavy (non-hydrogen) atoms. The fraction of sp³-hybridized carbons (Fsp3) is 0.462. The summed E-state index contributed by atoms with van der Waals surface area (Å²) in [5.74, 6) is -0.323. The average Bonchev–Trinajstić information content (AvgIpc) is 3.03. The van der Waals surface area contributed by atoms with Gasteiger partial charge in [0.15, 0.2) is 17.3 Å². The number of ketones is 1. The number of rotatable bonds is 9. The quantitative estimate of drug-likeness (QED) is 0.416. The van der Waals surface area contributed by atoms with Crippen molar-refractivity contribution in [1.29, 1.82) is 0 Å². The van der Waals surface area contributed by atoms with Crippen LogP contribution in [0.3, 0.4) is 0 Å². The van der Waals surface area contributed by atoms with Crippen LogP contribution >= 0.6 is 0 Å². The zero-order valence-electron chi connectivity index (χ0n) is 18.8. The lowest BCUT2D eigenvalue weighted by molar-refractivity contribution is -0.149. The van der Waals surface area contributed by atoms with Crippen LogP contribution in [0, 0.1) is 12.3 Å². The number of carbonyl (C=O) groups excluding carboxylic acids is 1. The van der Waals surface area contributed by atoms with Crippen LogP contribution in [0.2, 0.25) is 0 Å². The van der Waals surface area contributed by atoms with Gasteiger partial charge in [0.25, 0.3) is 0 Å². The molecule has 0 amide bonds. The third-order valence-electron chi connectivity index (χ3n) is 6.32. The highest BCUT2D eigenvalue weighted by Crippen LogP contribution is 2.40. The van der Waals surface area contributed by atoms with Crippen LogP contribution in [0.1, 0.15) is 72.5 Å². The number of hydrogen-bond donors (Lipinski definition) is 2. The predicted octanol–water partition coefficient (Wildman–Crippen LogP) is 5.11. The zero-order chi connectivity index (χ0) is 23.1. The summed E-state index contributed by atoms with van der Waals surface area (Å²) < 4.78 is 11.2. The number of carboxylic acids is 1. The molecule has 172 valence electrons. The first kappa shape index (κ1) is 23.8. The minimum atomic E-state index is -1.00. The van der Waals surface area contributed by atoms with Crippen LogP contribution in [0.15, 0.2) is 42.5 Å². The number of carboxylic acid groups (broad SMARTS) is 1. The Bertz CT molecular complexity index is 943. The average molecular weight is 441 g/mol. The fourth-order valence-corrected chi connectivity index (χ4v) is 4.39. The minimum absolute atomic E-state index is 0.00345. The molecular weight excluding hydrogens is 408 g/mol. The van der Waals surface area contributed by atoms with Gasteiger partial charge >= 0.3 is 5.97 Å². The summed E-state index contributed by atoms with van der Waals surface area (Å²) in [5.41, 5.74) is 1.16. The van der Waals surface area contributed by atoms with Crippen molar-refractivity contribution in [1.82, 2.24) is 0 Å². The normalized spacial score (nSPS) is 16.6. The Morgan fingerprint density at radius 2 is 1.75 bits per heavy atom. The van der Waals surface area contributed by atoms with E-state index in [-0.39, 0.29) is 18.8 Å². The van der Waals surface area contributed by atoms with Gasteiger partial charge < -0.3 is 19.7 Å². The second kappa shape index (κ2) is 10.6. The Labute approximate surface area is 189 Å². The number of benzene rings is 2. The highest BCUT2D eigenvalue weighted by molar-refractivity contribution is 5.99. The highest BCUT2D eigenvalue weighted by Gasteiger charge is 2.40. The van der Waals surface area contributed by atoms with Gasteiger partial charge in [0.05, 0.1) is 12.5 Å². The molecule has 6 nitrogen and oxygen atoms in total. The largest absolute Gasteiger partial charge is 0.493 e. The third kappa shape index (κ3) is 5.68. The number of aliphatic carboxylic acids is 1. The molecule has 0 spiro atoms. The SMILES string of the molecule is COc1ccc(C(=O)CC2(C(=O)O)CCCCCC2)cc1OCC(O)c1cccc(C)c1. The van der Waals surface area contributed by atoms with E-state index in [9.17, 15) is 19.8 Å². The summed E-state index contributed by atoms with van der Waals surface area (Å²) in [5, 5.41) is 20.4. The topological polar surface area (TPSA) is 93.1 Å². The molecule has 0 saturated heterocycles. The first-order valence-corrected chi connectivity index (χ1v) is 11.2. The Hall–Kier alpha value is -2.86. The van der Waals surface area contributed by atoms with Crippen LogP contribution in [0.25, 0.3) is 0 Å². The van der Waals surface area contributed by atoms with Crippen molar-refractivity contribution in [3.8, 4) is 11.5 Å². The smallest absolute Gasteiger partial charge is 0.310 e. The first-order valence-electron chi connectivity index (χ1n) is 11.2. The number of aryl methyl sites for hydroxylation is 1. The van der Waals surface area contributed by atoms with E-state index in [0.29, 0.717) is 29.9 Å². The number of methoxy groups -OCH3 is 1. The summed E-state index contributed by atoms with van der Waals surface area (Å²) in [6, 6.07) is 12.4. The van der Waals surface area contributed by atoms with Crippen molar-refractivity contribution >= 4 is 11.8 Å². The molecule has 0 radical (unpaired) electrons. The van der Waals surface area contributed by atoms with Crippen molar-refractivity contribution in [2.75, 3.05) is 13.7 Å². The van der Waals surface area contributed by atoms with Gasteiger partial charge in [-0.25, -0.2) is 0 Å². The van der Waals surface area contributed by atoms with Crippen molar-refractivity contribution in [2.24, 2.45) is 5.41 Å². The Morgan fingerprint density at radius 1 is 1.03 bits per heavy atom. The number of aliphatic hydroxyl groups is 1. The van der Waals surface area contributed by atoms with Crippen LogP contribution in [0.5, 0.6) is 11.5 Å². The summed E-state index contributed by atoms with van der Waals surface area (Å²) in [6.07, 6.45) is 3.85. The maximum Gasteiger partial charge on any atom is 0.310 e. The Balaban J connectivity index is 1.76.